The Labute approximate surface area is 148 Å². The number of carbonyl (C=O) groups is 4. The smallest absolute Gasteiger partial charge is 0.326 e. The van der Waals surface area contributed by atoms with Crippen LogP contribution in [0.2, 0.25) is 0 Å². The molecule has 0 heterocycles. The van der Waals surface area contributed by atoms with E-state index < -0.39 is 35.8 Å². The van der Waals surface area contributed by atoms with E-state index in [0.717, 1.165) is 0 Å². The van der Waals surface area contributed by atoms with Crippen LogP contribution < -0.4 is 21.7 Å². The molecule has 9 nitrogen and oxygen atoms in total. The molecule has 2 unspecified atom stereocenters. The van der Waals surface area contributed by atoms with Gasteiger partial charge in [-0.15, -0.1) is 0 Å². The number of carboxylic acids is 1. The molecule has 0 rings (SSSR count). The second-order valence-corrected chi connectivity index (χ2v) is 6.76. The molecular weight excluding hydrogens is 328 g/mol. The molecule has 0 aromatic carbocycles. The van der Waals surface area contributed by atoms with Crippen molar-refractivity contribution in [3.63, 3.8) is 0 Å². The molecule has 0 aliphatic heterocycles. The van der Waals surface area contributed by atoms with Crippen molar-refractivity contribution in [3.8, 4) is 0 Å². The van der Waals surface area contributed by atoms with Crippen molar-refractivity contribution in [1.29, 1.82) is 0 Å². The van der Waals surface area contributed by atoms with E-state index in [-0.39, 0.29) is 31.3 Å². The molecule has 0 bridgehead atoms. The summed E-state index contributed by atoms with van der Waals surface area (Å²) in [5.74, 6) is -2.51. The Balaban J connectivity index is 4.87. The third-order valence-corrected chi connectivity index (χ3v) is 3.31. The summed E-state index contributed by atoms with van der Waals surface area (Å²) in [6, 6.07) is -1.90. The number of nitrogens with one attached hydrogen (secondary N) is 3. The molecule has 3 amide bonds. The Morgan fingerprint density at radius 1 is 0.880 bits per heavy atom. The molecule has 0 saturated carbocycles. The molecule has 0 fully saturated rings. The van der Waals surface area contributed by atoms with Crippen LogP contribution in [0.3, 0.4) is 0 Å². The maximum Gasteiger partial charge on any atom is 0.326 e. The van der Waals surface area contributed by atoms with E-state index in [1.165, 1.54) is 0 Å². The molecule has 0 saturated heterocycles. The number of nitrogens with two attached hydrogens (primary N) is 1. The molecule has 0 aliphatic rings. The number of carbonyl (C=O) groups excluding carboxylic acids is 3. The van der Waals surface area contributed by atoms with Gasteiger partial charge in [-0.2, -0.15) is 0 Å². The maximum absolute atomic E-state index is 12.4. The first kappa shape index (κ1) is 22.8. The minimum atomic E-state index is -1.12. The monoisotopic (exact) mass is 358 g/mol. The molecule has 144 valence electrons. The van der Waals surface area contributed by atoms with Gasteiger partial charge in [0, 0.05) is 0 Å². The third-order valence-electron chi connectivity index (χ3n) is 3.31. The number of aliphatic carboxylic acids is 1. The van der Waals surface area contributed by atoms with Gasteiger partial charge in [0.1, 0.15) is 12.1 Å². The molecule has 0 radical (unpaired) electrons. The molecule has 0 aromatic heterocycles. The number of hydrogen-bond donors (Lipinski definition) is 5. The average Bonchev–Trinajstić information content (AvgIpc) is 2.50. The predicted octanol–water partition coefficient (Wildman–Crippen LogP) is -0.792. The van der Waals surface area contributed by atoms with Crippen molar-refractivity contribution >= 4 is 23.7 Å². The molecule has 6 N–H and O–H groups in total. The minimum absolute atomic E-state index is 0.0889. The van der Waals surface area contributed by atoms with E-state index in [1.807, 2.05) is 27.7 Å². The second-order valence-electron chi connectivity index (χ2n) is 6.76. The van der Waals surface area contributed by atoms with Crippen LogP contribution in [0.1, 0.15) is 40.5 Å². The SMILES string of the molecule is CC(C)CC(NC(=O)C(CC(C)C)NC(=O)CNC(=O)CN)C(=O)O. The zero-order chi connectivity index (χ0) is 19.6. The highest BCUT2D eigenvalue weighted by atomic mass is 16.4. The Hall–Kier alpha value is -2.16. The van der Waals surface area contributed by atoms with E-state index in [2.05, 4.69) is 16.0 Å². The van der Waals surface area contributed by atoms with Crippen molar-refractivity contribution in [2.75, 3.05) is 13.1 Å². The normalized spacial score (nSPS) is 13.2. The van der Waals surface area contributed by atoms with Crippen molar-refractivity contribution < 1.29 is 24.3 Å². The van der Waals surface area contributed by atoms with Gasteiger partial charge < -0.3 is 26.8 Å². The lowest BCUT2D eigenvalue weighted by atomic mass is 10.0. The van der Waals surface area contributed by atoms with Crippen LogP contribution in [-0.4, -0.2) is 54.0 Å². The van der Waals surface area contributed by atoms with E-state index in [9.17, 15) is 24.3 Å². The lowest BCUT2D eigenvalue weighted by Crippen LogP contribution is -2.53. The largest absolute Gasteiger partial charge is 0.480 e. The Morgan fingerprint density at radius 2 is 1.40 bits per heavy atom. The van der Waals surface area contributed by atoms with Crippen molar-refractivity contribution in [3.05, 3.63) is 0 Å². The Morgan fingerprint density at radius 3 is 1.84 bits per heavy atom. The summed E-state index contributed by atoms with van der Waals surface area (Å²) in [7, 11) is 0. The zero-order valence-electron chi connectivity index (χ0n) is 15.3. The van der Waals surface area contributed by atoms with Crippen LogP contribution in [0.4, 0.5) is 0 Å². The highest BCUT2D eigenvalue weighted by Gasteiger charge is 2.27. The van der Waals surface area contributed by atoms with Crippen molar-refractivity contribution in [2.24, 2.45) is 17.6 Å². The average molecular weight is 358 g/mol. The van der Waals surface area contributed by atoms with Crippen molar-refractivity contribution in [2.45, 2.75) is 52.6 Å². The zero-order valence-corrected chi connectivity index (χ0v) is 15.3. The topological polar surface area (TPSA) is 151 Å². The first-order chi connectivity index (χ1) is 11.6. The molecular formula is C16H30N4O5. The van der Waals surface area contributed by atoms with Crippen molar-refractivity contribution in [1.82, 2.24) is 16.0 Å². The second kappa shape index (κ2) is 11.4. The van der Waals surface area contributed by atoms with Crippen LogP contribution in [-0.2, 0) is 19.2 Å². The van der Waals surface area contributed by atoms with Gasteiger partial charge in [-0.1, -0.05) is 27.7 Å². The van der Waals surface area contributed by atoms with Gasteiger partial charge in [0.05, 0.1) is 13.1 Å². The molecule has 0 aliphatic carbocycles. The molecule has 0 spiro atoms. The minimum Gasteiger partial charge on any atom is -0.480 e. The first-order valence-electron chi connectivity index (χ1n) is 8.36. The Kier molecular flexibility index (Phi) is 10.4. The fourth-order valence-corrected chi connectivity index (χ4v) is 2.16. The van der Waals surface area contributed by atoms with Gasteiger partial charge in [-0.05, 0) is 24.7 Å². The number of carboxylic acid groups (broad SMARTS) is 1. The van der Waals surface area contributed by atoms with E-state index in [1.54, 1.807) is 0 Å². The van der Waals surface area contributed by atoms with Gasteiger partial charge in [-0.3, -0.25) is 14.4 Å². The van der Waals surface area contributed by atoms with Crippen LogP contribution in [0.15, 0.2) is 0 Å². The lowest BCUT2D eigenvalue weighted by molar-refractivity contribution is -0.142. The summed E-state index contributed by atoms with van der Waals surface area (Å²) in [4.78, 5) is 46.7. The standard InChI is InChI=1S/C16H30N4O5/c1-9(2)5-11(19-14(22)8-18-13(21)7-17)15(23)20-12(16(24)25)6-10(3)4/h9-12H,5-8,17H2,1-4H3,(H,18,21)(H,19,22)(H,20,23)(H,24,25). The Bertz CT molecular complexity index is 479. The first-order valence-corrected chi connectivity index (χ1v) is 8.36. The fourth-order valence-electron chi connectivity index (χ4n) is 2.16. The molecule has 2 atom stereocenters. The third kappa shape index (κ3) is 10.3. The molecule has 0 aromatic rings. The quantitative estimate of drug-likeness (QED) is 0.326. The summed E-state index contributed by atoms with van der Waals surface area (Å²) in [5.41, 5.74) is 5.13. The molecule has 9 heteroatoms. The molecule has 25 heavy (non-hydrogen) atoms. The number of rotatable bonds is 11. The summed E-state index contributed by atoms with van der Waals surface area (Å²) in [5, 5.41) is 16.5. The summed E-state index contributed by atoms with van der Waals surface area (Å²) >= 11 is 0. The van der Waals surface area contributed by atoms with Gasteiger partial charge in [-0.25, -0.2) is 4.79 Å². The highest BCUT2D eigenvalue weighted by Crippen LogP contribution is 2.08. The van der Waals surface area contributed by atoms with Gasteiger partial charge in [0.15, 0.2) is 0 Å². The number of amides is 3. The summed E-state index contributed by atoms with van der Waals surface area (Å²) in [6.45, 7) is 6.94. The van der Waals surface area contributed by atoms with Crippen LogP contribution >= 0.6 is 0 Å². The van der Waals surface area contributed by atoms with Crippen LogP contribution in [0.25, 0.3) is 0 Å². The van der Waals surface area contributed by atoms with Gasteiger partial charge in [0.25, 0.3) is 0 Å². The summed E-state index contributed by atoms with van der Waals surface area (Å²) < 4.78 is 0. The lowest BCUT2D eigenvalue weighted by Gasteiger charge is -2.23. The highest BCUT2D eigenvalue weighted by molar-refractivity contribution is 5.92. The van der Waals surface area contributed by atoms with Crippen LogP contribution in [0.5, 0.6) is 0 Å². The maximum atomic E-state index is 12.4. The number of hydrogen-bond acceptors (Lipinski definition) is 5. The van der Waals surface area contributed by atoms with E-state index in [4.69, 9.17) is 5.73 Å². The van der Waals surface area contributed by atoms with Gasteiger partial charge >= 0.3 is 5.97 Å². The van der Waals surface area contributed by atoms with E-state index in [0.29, 0.717) is 6.42 Å². The summed E-state index contributed by atoms with van der Waals surface area (Å²) in [6.07, 6.45) is 0.631. The van der Waals surface area contributed by atoms with Gasteiger partial charge in [0.2, 0.25) is 17.7 Å². The van der Waals surface area contributed by atoms with E-state index >= 15 is 0 Å². The fraction of sp³-hybridized carbons (Fsp3) is 0.750. The van der Waals surface area contributed by atoms with Crippen LogP contribution in [0, 0.1) is 11.8 Å². The predicted molar refractivity (Wildman–Crippen MR) is 92.5 cm³/mol.